The van der Waals surface area contributed by atoms with E-state index in [0.29, 0.717) is 28.9 Å². The molecular formula is C14H15ClFN3O. The fourth-order valence-electron chi connectivity index (χ4n) is 1.82. The van der Waals surface area contributed by atoms with Crippen LogP contribution in [0.5, 0.6) is 5.75 Å². The first-order valence-electron chi connectivity index (χ1n) is 6.08. The first kappa shape index (κ1) is 14.5. The van der Waals surface area contributed by atoms with E-state index >= 15 is 0 Å². The number of rotatable bonds is 4. The zero-order valence-corrected chi connectivity index (χ0v) is 12.3. The Morgan fingerprint density at radius 1 is 1.30 bits per heavy atom. The number of nitrogens with zero attached hydrogens (tertiary/aromatic N) is 2. The molecule has 2 aromatic rings. The first-order valence-corrected chi connectivity index (χ1v) is 6.46. The molecule has 0 atom stereocenters. The van der Waals surface area contributed by atoms with Gasteiger partial charge >= 0.3 is 0 Å². The molecule has 6 heteroatoms. The standard InChI is InChI=1S/C14H15ClFN3O/c1-8-13(15)14(19-9(2)18-8)17-7-10-4-5-12(20-3)11(16)6-10/h4-6H,7H2,1-3H3,(H,17,18,19). The number of halogens is 2. The van der Waals surface area contributed by atoms with Crippen LogP contribution >= 0.6 is 11.6 Å². The molecule has 0 saturated heterocycles. The lowest BCUT2D eigenvalue weighted by atomic mass is 10.2. The highest BCUT2D eigenvalue weighted by Crippen LogP contribution is 2.23. The molecule has 106 valence electrons. The highest BCUT2D eigenvalue weighted by molar-refractivity contribution is 6.33. The fraction of sp³-hybridized carbons (Fsp3) is 0.286. The molecule has 2 rings (SSSR count). The Bertz CT molecular complexity index is 634. The van der Waals surface area contributed by atoms with Gasteiger partial charge in [-0.05, 0) is 31.5 Å². The highest BCUT2D eigenvalue weighted by Gasteiger charge is 2.08. The second kappa shape index (κ2) is 6.05. The van der Waals surface area contributed by atoms with E-state index < -0.39 is 5.82 Å². The summed E-state index contributed by atoms with van der Waals surface area (Å²) in [5.41, 5.74) is 1.48. The van der Waals surface area contributed by atoms with Gasteiger partial charge in [-0.2, -0.15) is 0 Å². The summed E-state index contributed by atoms with van der Waals surface area (Å²) in [4.78, 5) is 8.40. The van der Waals surface area contributed by atoms with Crippen molar-refractivity contribution in [3.05, 3.63) is 46.1 Å². The van der Waals surface area contributed by atoms with Gasteiger partial charge in [-0.15, -0.1) is 0 Å². The van der Waals surface area contributed by atoms with Crippen LogP contribution in [0.2, 0.25) is 5.02 Å². The van der Waals surface area contributed by atoms with Gasteiger partial charge in [0.05, 0.1) is 12.8 Å². The number of aromatic nitrogens is 2. The summed E-state index contributed by atoms with van der Waals surface area (Å²) >= 11 is 6.13. The van der Waals surface area contributed by atoms with E-state index in [1.165, 1.54) is 13.2 Å². The molecule has 1 heterocycles. The predicted molar refractivity (Wildman–Crippen MR) is 76.8 cm³/mol. The zero-order chi connectivity index (χ0) is 14.7. The maximum atomic E-state index is 13.6. The third kappa shape index (κ3) is 3.17. The number of methoxy groups -OCH3 is 1. The maximum Gasteiger partial charge on any atom is 0.165 e. The van der Waals surface area contributed by atoms with Gasteiger partial charge in [-0.25, -0.2) is 14.4 Å². The fourth-order valence-corrected chi connectivity index (χ4v) is 1.97. The molecule has 20 heavy (non-hydrogen) atoms. The molecule has 4 nitrogen and oxygen atoms in total. The van der Waals surface area contributed by atoms with Gasteiger partial charge in [-0.1, -0.05) is 17.7 Å². The molecule has 1 aromatic carbocycles. The van der Waals surface area contributed by atoms with Crippen molar-refractivity contribution in [2.45, 2.75) is 20.4 Å². The van der Waals surface area contributed by atoms with E-state index in [1.54, 1.807) is 19.1 Å². The second-order valence-electron chi connectivity index (χ2n) is 4.34. The van der Waals surface area contributed by atoms with Gasteiger partial charge in [-0.3, -0.25) is 0 Å². The van der Waals surface area contributed by atoms with Crippen LogP contribution in [0.1, 0.15) is 17.1 Å². The van der Waals surface area contributed by atoms with E-state index in [0.717, 1.165) is 5.56 Å². The third-order valence-electron chi connectivity index (χ3n) is 2.80. The Morgan fingerprint density at radius 3 is 2.70 bits per heavy atom. The number of hydrogen-bond donors (Lipinski definition) is 1. The van der Waals surface area contributed by atoms with Crippen molar-refractivity contribution >= 4 is 17.4 Å². The smallest absolute Gasteiger partial charge is 0.165 e. The summed E-state index contributed by atoms with van der Waals surface area (Å²) in [6, 6.07) is 4.79. The lowest BCUT2D eigenvalue weighted by Gasteiger charge is -2.10. The molecule has 0 fully saturated rings. The minimum Gasteiger partial charge on any atom is -0.494 e. The summed E-state index contributed by atoms with van der Waals surface area (Å²) < 4.78 is 18.5. The van der Waals surface area contributed by atoms with Crippen LogP contribution in [0.3, 0.4) is 0 Å². The molecule has 0 aliphatic heterocycles. The largest absolute Gasteiger partial charge is 0.494 e. The van der Waals surface area contributed by atoms with Crippen molar-refractivity contribution in [1.29, 1.82) is 0 Å². The maximum absolute atomic E-state index is 13.6. The normalized spacial score (nSPS) is 10.4. The van der Waals surface area contributed by atoms with Crippen LogP contribution in [0.4, 0.5) is 10.2 Å². The average Bonchev–Trinajstić information content (AvgIpc) is 2.41. The summed E-state index contributed by atoms with van der Waals surface area (Å²) in [5.74, 6) is 1.01. The van der Waals surface area contributed by atoms with E-state index in [9.17, 15) is 4.39 Å². The number of anilines is 1. The van der Waals surface area contributed by atoms with Crippen LogP contribution in [-0.4, -0.2) is 17.1 Å². The molecule has 0 aliphatic carbocycles. The molecule has 1 aromatic heterocycles. The highest BCUT2D eigenvalue weighted by atomic mass is 35.5. The molecule has 0 spiro atoms. The Hall–Kier alpha value is -1.88. The lowest BCUT2D eigenvalue weighted by Crippen LogP contribution is -2.05. The van der Waals surface area contributed by atoms with E-state index in [-0.39, 0.29) is 5.75 Å². The average molecular weight is 296 g/mol. The van der Waals surface area contributed by atoms with Crippen LogP contribution in [-0.2, 0) is 6.54 Å². The molecule has 1 N–H and O–H groups in total. The predicted octanol–water partition coefficient (Wildman–Crippen LogP) is 3.51. The Labute approximate surface area is 122 Å². The van der Waals surface area contributed by atoms with Gasteiger partial charge in [0, 0.05) is 6.54 Å². The SMILES string of the molecule is COc1ccc(CNc2nc(C)nc(C)c2Cl)cc1F. The topological polar surface area (TPSA) is 47.0 Å². The summed E-state index contributed by atoms with van der Waals surface area (Å²) in [6.07, 6.45) is 0. The van der Waals surface area contributed by atoms with E-state index in [4.69, 9.17) is 16.3 Å². The first-order chi connectivity index (χ1) is 9.51. The molecule has 0 unspecified atom stereocenters. The van der Waals surface area contributed by atoms with E-state index in [2.05, 4.69) is 15.3 Å². The number of ether oxygens (including phenoxy) is 1. The number of hydrogen-bond acceptors (Lipinski definition) is 4. The summed E-state index contributed by atoms with van der Waals surface area (Å²) in [7, 11) is 1.43. The van der Waals surface area contributed by atoms with Gasteiger partial charge in [0.25, 0.3) is 0 Å². The molecule has 0 aliphatic rings. The zero-order valence-electron chi connectivity index (χ0n) is 11.5. The van der Waals surface area contributed by atoms with Crippen molar-refractivity contribution in [2.24, 2.45) is 0 Å². The molecular weight excluding hydrogens is 281 g/mol. The van der Waals surface area contributed by atoms with Gasteiger partial charge in [0.2, 0.25) is 0 Å². The van der Waals surface area contributed by atoms with Crippen molar-refractivity contribution in [3.8, 4) is 5.75 Å². The quantitative estimate of drug-likeness (QED) is 0.938. The van der Waals surface area contributed by atoms with Crippen LogP contribution < -0.4 is 10.1 Å². The number of benzene rings is 1. The van der Waals surface area contributed by atoms with Crippen LogP contribution in [0.15, 0.2) is 18.2 Å². The van der Waals surface area contributed by atoms with Gasteiger partial charge < -0.3 is 10.1 Å². The van der Waals surface area contributed by atoms with Crippen molar-refractivity contribution < 1.29 is 9.13 Å². The monoisotopic (exact) mass is 295 g/mol. The third-order valence-corrected chi connectivity index (χ3v) is 3.26. The lowest BCUT2D eigenvalue weighted by molar-refractivity contribution is 0.386. The number of aryl methyl sites for hydroxylation is 2. The van der Waals surface area contributed by atoms with Crippen molar-refractivity contribution in [2.75, 3.05) is 12.4 Å². The Kier molecular flexibility index (Phi) is 4.39. The van der Waals surface area contributed by atoms with E-state index in [1.807, 2.05) is 6.92 Å². The minimum absolute atomic E-state index is 0.223. The molecule has 0 bridgehead atoms. The van der Waals surface area contributed by atoms with Crippen LogP contribution in [0, 0.1) is 19.7 Å². The Balaban J connectivity index is 2.15. The molecule has 0 radical (unpaired) electrons. The van der Waals surface area contributed by atoms with Gasteiger partial charge in [0.1, 0.15) is 16.7 Å². The van der Waals surface area contributed by atoms with Crippen molar-refractivity contribution in [3.63, 3.8) is 0 Å². The second-order valence-corrected chi connectivity index (χ2v) is 4.72. The summed E-state index contributed by atoms with van der Waals surface area (Å²) in [6.45, 7) is 4.02. The molecule has 0 amide bonds. The van der Waals surface area contributed by atoms with Gasteiger partial charge in [0.15, 0.2) is 11.6 Å². The molecule has 0 saturated carbocycles. The number of nitrogens with one attached hydrogen (secondary N) is 1. The minimum atomic E-state index is -0.395. The van der Waals surface area contributed by atoms with Crippen molar-refractivity contribution in [1.82, 2.24) is 9.97 Å². The Morgan fingerprint density at radius 2 is 2.05 bits per heavy atom. The van der Waals surface area contributed by atoms with Crippen LogP contribution in [0.25, 0.3) is 0 Å². The summed E-state index contributed by atoms with van der Waals surface area (Å²) in [5, 5.41) is 3.56.